The normalized spacial score (nSPS) is 13.8. The fourth-order valence-electron chi connectivity index (χ4n) is 5.39. The molecule has 5 aromatic rings. The van der Waals surface area contributed by atoms with Crippen LogP contribution < -0.4 is 9.80 Å². The molecule has 8 heteroatoms. The van der Waals surface area contributed by atoms with Gasteiger partial charge in [-0.25, -0.2) is 0 Å². The average molecular weight is 507 g/mol. The van der Waals surface area contributed by atoms with Gasteiger partial charge in [-0.15, -0.1) is 0 Å². The number of nitro groups is 1. The number of aryl methyl sites for hydroxylation is 1. The number of hydrogen-bond donors (Lipinski definition) is 1. The van der Waals surface area contributed by atoms with Crippen molar-refractivity contribution in [3.63, 3.8) is 0 Å². The summed E-state index contributed by atoms with van der Waals surface area (Å²) >= 11 is 0. The first kappa shape index (κ1) is 23.8. The second kappa shape index (κ2) is 10.0. The van der Waals surface area contributed by atoms with Crippen molar-refractivity contribution in [1.82, 2.24) is 14.5 Å². The van der Waals surface area contributed by atoms with E-state index in [1.807, 2.05) is 48.0 Å². The van der Waals surface area contributed by atoms with Gasteiger partial charge in [0, 0.05) is 50.0 Å². The van der Waals surface area contributed by atoms with Crippen LogP contribution in [0.2, 0.25) is 0 Å². The number of hydrogen-bond acceptors (Lipinski definition) is 5. The summed E-state index contributed by atoms with van der Waals surface area (Å²) in [6.45, 7) is 5.51. The van der Waals surface area contributed by atoms with E-state index in [4.69, 9.17) is 0 Å². The molecule has 0 atom stereocenters. The highest BCUT2D eigenvalue weighted by Crippen LogP contribution is 2.32. The molecule has 3 aromatic carbocycles. The summed E-state index contributed by atoms with van der Waals surface area (Å²) in [6.07, 6.45) is 2.60. The Labute approximate surface area is 221 Å². The minimum atomic E-state index is -0.341. The Morgan fingerprint density at radius 1 is 0.895 bits per heavy atom. The first-order chi connectivity index (χ1) is 18.6. The van der Waals surface area contributed by atoms with E-state index in [2.05, 4.69) is 68.3 Å². The van der Waals surface area contributed by atoms with Crippen molar-refractivity contribution >= 4 is 28.2 Å². The Kier molecular flexibility index (Phi) is 6.29. The number of imidazole rings is 1. The average Bonchev–Trinajstić information content (AvgIpc) is 3.58. The molecule has 3 heterocycles. The largest absolute Gasteiger partial charge is 0.406 e. The Morgan fingerprint density at radius 3 is 2.32 bits per heavy atom. The highest BCUT2D eigenvalue weighted by Gasteiger charge is 2.32. The van der Waals surface area contributed by atoms with E-state index >= 15 is 0 Å². The van der Waals surface area contributed by atoms with Crippen LogP contribution in [-0.2, 0) is 13.0 Å². The van der Waals surface area contributed by atoms with Gasteiger partial charge in [0.1, 0.15) is 0 Å². The molecule has 1 fully saturated rings. The molecule has 0 radical (unpaired) electrons. The van der Waals surface area contributed by atoms with Crippen molar-refractivity contribution in [2.45, 2.75) is 19.9 Å². The van der Waals surface area contributed by atoms with E-state index in [1.54, 1.807) is 0 Å². The van der Waals surface area contributed by atoms with Crippen LogP contribution in [-0.4, -0.2) is 45.6 Å². The molecule has 1 aliphatic rings. The maximum absolute atomic E-state index is 12.0. The molecule has 192 valence electrons. The van der Waals surface area contributed by atoms with Gasteiger partial charge in [0.25, 0.3) is 0 Å². The Morgan fingerprint density at radius 2 is 1.61 bits per heavy atom. The molecular formula is C30H30N6O2. The molecule has 1 aliphatic heterocycles. The third kappa shape index (κ3) is 4.49. The van der Waals surface area contributed by atoms with Gasteiger partial charge >= 0.3 is 5.82 Å². The minimum Gasteiger partial charge on any atom is -0.368 e. The third-order valence-electron chi connectivity index (χ3n) is 7.37. The number of aromatic amines is 1. The molecule has 0 bridgehead atoms. The predicted octanol–water partition coefficient (Wildman–Crippen LogP) is 5.88. The van der Waals surface area contributed by atoms with Crippen molar-refractivity contribution < 1.29 is 4.92 Å². The molecule has 6 rings (SSSR count). The predicted molar refractivity (Wildman–Crippen MR) is 152 cm³/mol. The van der Waals surface area contributed by atoms with E-state index < -0.39 is 0 Å². The smallest absolute Gasteiger partial charge is 0.368 e. The fraction of sp³-hybridized carbons (Fsp3) is 0.233. The molecule has 1 N–H and O–H groups in total. The van der Waals surface area contributed by atoms with Crippen LogP contribution >= 0.6 is 0 Å². The molecule has 1 saturated heterocycles. The van der Waals surface area contributed by atoms with Gasteiger partial charge in [0.15, 0.2) is 0 Å². The zero-order valence-electron chi connectivity index (χ0n) is 21.4. The molecule has 0 spiro atoms. The minimum absolute atomic E-state index is 0.0463. The zero-order valence-corrected chi connectivity index (χ0v) is 21.4. The van der Waals surface area contributed by atoms with Crippen molar-refractivity contribution in [1.29, 1.82) is 0 Å². The van der Waals surface area contributed by atoms with Gasteiger partial charge in [0.2, 0.25) is 11.6 Å². The summed E-state index contributed by atoms with van der Waals surface area (Å²) < 4.78 is 2.03. The van der Waals surface area contributed by atoms with Crippen molar-refractivity contribution in [2.24, 2.45) is 0 Å². The van der Waals surface area contributed by atoms with E-state index in [0.717, 1.165) is 35.7 Å². The highest BCUT2D eigenvalue weighted by atomic mass is 16.6. The Hall–Kier alpha value is -4.59. The second-order valence-electron chi connectivity index (χ2n) is 9.66. The number of H-pyrrole nitrogens is 1. The van der Waals surface area contributed by atoms with Gasteiger partial charge in [0.05, 0.1) is 6.54 Å². The second-order valence-corrected chi connectivity index (χ2v) is 9.66. The van der Waals surface area contributed by atoms with E-state index in [-0.39, 0.29) is 10.7 Å². The van der Waals surface area contributed by atoms with Crippen LogP contribution in [0.15, 0.2) is 85.1 Å². The molecule has 38 heavy (non-hydrogen) atoms. The van der Waals surface area contributed by atoms with Crippen molar-refractivity contribution in [3.05, 3.63) is 107 Å². The Bertz CT molecular complexity index is 1560. The van der Waals surface area contributed by atoms with Gasteiger partial charge in [-0.2, -0.15) is 0 Å². The number of benzene rings is 3. The number of nitrogens with zero attached hydrogens (tertiary/aromatic N) is 5. The lowest BCUT2D eigenvalue weighted by Gasteiger charge is -2.37. The van der Waals surface area contributed by atoms with Crippen LogP contribution in [0.25, 0.3) is 22.0 Å². The molecule has 0 unspecified atom stereocenters. The summed E-state index contributed by atoms with van der Waals surface area (Å²) in [5, 5.41) is 13.2. The first-order valence-electron chi connectivity index (χ1n) is 13.1. The standard InChI is InChI=1S/C30H30N6O2/c1-2-28-32-29(36(37)38)30(35(28)21-22-6-4-3-5-7-22)34-18-16-33(17-19-34)26-11-8-23(9-12-26)24-10-13-27-25(20-24)14-15-31-27/h3-15,20,31H,2,16-19,21H2,1H3. The summed E-state index contributed by atoms with van der Waals surface area (Å²) in [4.78, 5) is 23.8. The van der Waals surface area contributed by atoms with E-state index in [1.165, 1.54) is 16.5 Å². The number of anilines is 2. The number of piperazine rings is 1. The lowest BCUT2D eigenvalue weighted by Crippen LogP contribution is -2.47. The Balaban J connectivity index is 1.21. The van der Waals surface area contributed by atoms with Gasteiger partial charge in [-0.3, -0.25) is 4.57 Å². The SMILES string of the molecule is CCc1nc([N+](=O)[O-])c(N2CCN(c3ccc(-c4ccc5[nH]ccc5c4)cc3)CC2)n1Cc1ccccc1. The summed E-state index contributed by atoms with van der Waals surface area (Å²) in [5.41, 5.74) is 5.78. The van der Waals surface area contributed by atoms with Crippen molar-refractivity contribution in [2.75, 3.05) is 36.0 Å². The lowest BCUT2D eigenvalue weighted by atomic mass is 10.0. The van der Waals surface area contributed by atoms with Crippen LogP contribution in [0.3, 0.4) is 0 Å². The van der Waals surface area contributed by atoms with Gasteiger partial charge < -0.3 is 24.9 Å². The van der Waals surface area contributed by atoms with E-state index in [0.29, 0.717) is 31.9 Å². The first-order valence-corrected chi connectivity index (χ1v) is 13.1. The molecule has 2 aromatic heterocycles. The lowest BCUT2D eigenvalue weighted by molar-refractivity contribution is -0.388. The van der Waals surface area contributed by atoms with E-state index in [9.17, 15) is 10.1 Å². The molecule has 0 amide bonds. The topological polar surface area (TPSA) is 83.2 Å². The number of rotatable bonds is 7. The molecular weight excluding hydrogens is 476 g/mol. The van der Waals surface area contributed by atoms with Gasteiger partial charge in [-0.1, -0.05) is 55.5 Å². The monoisotopic (exact) mass is 506 g/mol. The molecule has 0 aliphatic carbocycles. The summed E-state index contributed by atoms with van der Waals surface area (Å²) in [7, 11) is 0. The maximum Gasteiger partial charge on any atom is 0.406 e. The quantitative estimate of drug-likeness (QED) is 0.220. The number of fused-ring (bicyclic) bond motifs is 1. The third-order valence-corrected chi connectivity index (χ3v) is 7.37. The summed E-state index contributed by atoms with van der Waals surface area (Å²) in [6, 6.07) is 27.3. The zero-order chi connectivity index (χ0) is 26.1. The van der Waals surface area contributed by atoms with Crippen LogP contribution in [0.5, 0.6) is 0 Å². The maximum atomic E-state index is 12.0. The highest BCUT2D eigenvalue weighted by molar-refractivity contribution is 5.85. The summed E-state index contributed by atoms with van der Waals surface area (Å²) in [5.74, 6) is 1.31. The fourth-order valence-corrected chi connectivity index (χ4v) is 5.39. The van der Waals surface area contributed by atoms with Crippen molar-refractivity contribution in [3.8, 4) is 11.1 Å². The van der Waals surface area contributed by atoms with Crippen LogP contribution in [0, 0.1) is 10.1 Å². The van der Waals surface area contributed by atoms with Crippen LogP contribution in [0.4, 0.5) is 17.3 Å². The number of nitrogens with one attached hydrogen (secondary N) is 1. The van der Waals surface area contributed by atoms with Gasteiger partial charge in [-0.05, 0) is 62.3 Å². The number of aromatic nitrogens is 3. The van der Waals surface area contributed by atoms with Crippen LogP contribution in [0.1, 0.15) is 18.3 Å². The molecule has 0 saturated carbocycles. The molecule has 8 nitrogen and oxygen atoms in total.